The number of benzene rings is 1. The molecule has 5 atom stereocenters. The van der Waals surface area contributed by atoms with Gasteiger partial charge in [0.2, 0.25) is 0 Å². The van der Waals surface area contributed by atoms with Gasteiger partial charge in [-0.1, -0.05) is 24.3 Å². The lowest BCUT2D eigenvalue weighted by atomic mass is 9.48. The molecule has 5 aliphatic rings. The van der Waals surface area contributed by atoms with E-state index in [0.717, 1.165) is 51.4 Å². The zero-order valence-corrected chi connectivity index (χ0v) is 17.2. The summed E-state index contributed by atoms with van der Waals surface area (Å²) in [4.78, 5) is 27.6. The maximum absolute atomic E-state index is 13.0. The summed E-state index contributed by atoms with van der Waals surface area (Å²) >= 11 is 0. The first kappa shape index (κ1) is 19.1. The molecule has 1 N–H and O–H groups in total. The Morgan fingerprint density at radius 2 is 1.90 bits per heavy atom. The van der Waals surface area contributed by atoms with Gasteiger partial charge in [0.05, 0.1) is 17.1 Å². The van der Waals surface area contributed by atoms with E-state index >= 15 is 0 Å². The number of fused-ring (bicyclic) bond motifs is 1. The van der Waals surface area contributed by atoms with Crippen LogP contribution in [0.5, 0.6) is 0 Å². The third-order valence-corrected chi connectivity index (χ3v) is 7.99. The molecule has 0 saturated heterocycles. The van der Waals surface area contributed by atoms with Gasteiger partial charge in [-0.25, -0.2) is 0 Å². The second kappa shape index (κ2) is 6.83. The Morgan fingerprint density at radius 1 is 1.17 bits per heavy atom. The molecule has 1 amide bonds. The average Bonchev–Trinajstić information content (AvgIpc) is 2.69. The van der Waals surface area contributed by atoms with Crippen molar-refractivity contribution in [3.8, 4) is 0 Å². The second-order valence-electron chi connectivity index (χ2n) is 10.2. The molecule has 0 aromatic heterocycles. The molecule has 5 aliphatic carbocycles. The fraction of sp³-hybridized carbons (Fsp3) is 0.667. The molecule has 4 saturated carbocycles. The van der Waals surface area contributed by atoms with Crippen molar-refractivity contribution >= 4 is 11.9 Å². The Bertz CT molecular complexity index is 820. The molecule has 6 rings (SSSR count). The average molecular weight is 398 g/mol. The van der Waals surface area contributed by atoms with Gasteiger partial charge in [0.25, 0.3) is 5.91 Å². The van der Waals surface area contributed by atoms with Crippen LogP contribution in [0.4, 0.5) is 0 Å². The van der Waals surface area contributed by atoms with Gasteiger partial charge in [-0.2, -0.15) is 0 Å². The van der Waals surface area contributed by atoms with E-state index in [1.807, 2.05) is 19.2 Å². The fourth-order valence-electron chi connectivity index (χ4n) is 7.14. The minimum Gasteiger partial charge on any atom is -0.455 e. The van der Waals surface area contributed by atoms with Gasteiger partial charge < -0.3 is 14.7 Å². The lowest BCUT2D eigenvalue weighted by Crippen LogP contribution is -2.58. The number of hydrogen-bond donors (Lipinski definition) is 1. The van der Waals surface area contributed by atoms with Gasteiger partial charge in [-0.05, 0) is 80.8 Å². The first-order valence-electron chi connectivity index (χ1n) is 11.1. The quantitative estimate of drug-likeness (QED) is 0.791. The number of aliphatic hydroxyl groups is 1. The monoisotopic (exact) mass is 397 g/mol. The van der Waals surface area contributed by atoms with Crippen molar-refractivity contribution in [2.24, 2.45) is 17.3 Å². The number of carbonyl (C=O) groups excluding carboxylic acids is 2. The van der Waals surface area contributed by atoms with Crippen LogP contribution in [0.2, 0.25) is 0 Å². The van der Waals surface area contributed by atoms with Crippen molar-refractivity contribution in [3.05, 3.63) is 35.4 Å². The van der Waals surface area contributed by atoms with E-state index in [4.69, 9.17) is 4.74 Å². The summed E-state index contributed by atoms with van der Waals surface area (Å²) in [6, 6.07) is 8.35. The van der Waals surface area contributed by atoms with Gasteiger partial charge in [0.1, 0.15) is 0 Å². The second-order valence-corrected chi connectivity index (χ2v) is 10.2. The van der Waals surface area contributed by atoms with E-state index in [0.29, 0.717) is 18.3 Å². The minimum atomic E-state index is -0.699. The highest BCUT2D eigenvalue weighted by molar-refractivity contribution is 5.83. The molecule has 29 heavy (non-hydrogen) atoms. The van der Waals surface area contributed by atoms with E-state index < -0.39 is 11.0 Å². The molecular formula is C24H31NO4. The van der Waals surface area contributed by atoms with Gasteiger partial charge in [-0.15, -0.1) is 0 Å². The van der Waals surface area contributed by atoms with Crippen LogP contribution in [0.3, 0.4) is 0 Å². The lowest BCUT2D eigenvalue weighted by Gasteiger charge is -2.58. The molecule has 0 radical (unpaired) electrons. The standard InChI is InChI=1S/C24H31NO4/c1-25(20-8-4-6-18-5-2-3-7-19(18)20)21(26)14-29-22(27)23-10-16-9-17(11-23)13-24(28,12-16)15-23/h2-3,5,7,16-17,20,28H,4,6,8-15H2,1H3/t16-,17+,20-,23?,24?/m1/s1. The molecule has 5 heteroatoms. The van der Waals surface area contributed by atoms with Gasteiger partial charge in [-0.3, -0.25) is 9.59 Å². The summed E-state index contributed by atoms with van der Waals surface area (Å²) in [5, 5.41) is 10.9. The Kier molecular flexibility index (Phi) is 4.50. The van der Waals surface area contributed by atoms with Crippen LogP contribution in [0.15, 0.2) is 24.3 Å². The summed E-state index contributed by atoms with van der Waals surface area (Å²) in [6.07, 6.45) is 7.94. The Labute approximate surface area is 172 Å². The van der Waals surface area contributed by atoms with E-state index in [2.05, 4.69) is 12.1 Å². The number of rotatable bonds is 4. The molecule has 2 unspecified atom stereocenters. The number of hydrogen-bond acceptors (Lipinski definition) is 4. The maximum Gasteiger partial charge on any atom is 0.312 e. The molecule has 1 aromatic rings. The molecule has 0 aliphatic heterocycles. The topological polar surface area (TPSA) is 66.8 Å². The summed E-state index contributed by atoms with van der Waals surface area (Å²) in [5.41, 5.74) is 1.25. The van der Waals surface area contributed by atoms with Crippen molar-refractivity contribution in [2.75, 3.05) is 13.7 Å². The first-order chi connectivity index (χ1) is 13.9. The highest BCUT2D eigenvalue weighted by Gasteiger charge is 2.61. The summed E-state index contributed by atoms with van der Waals surface area (Å²) in [7, 11) is 1.82. The molecule has 0 spiro atoms. The summed E-state index contributed by atoms with van der Waals surface area (Å²) in [6.45, 7) is -0.205. The number of carbonyl (C=O) groups is 2. The van der Waals surface area contributed by atoms with Crippen molar-refractivity contribution in [2.45, 2.75) is 69.4 Å². The minimum absolute atomic E-state index is 0.0476. The first-order valence-corrected chi connectivity index (χ1v) is 11.1. The van der Waals surface area contributed by atoms with Gasteiger partial charge >= 0.3 is 5.97 Å². The highest BCUT2D eigenvalue weighted by atomic mass is 16.5. The molecule has 4 bridgehead atoms. The molecule has 156 valence electrons. The van der Waals surface area contributed by atoms with Crippen LogP contribution in [0, 0.1) is 17.3 Å². The summed E-state index contributed by atoms with van der Waals surface area (Å²) < 4.78 is 5.59. The predicted molar refractivity (Wildman–Crippen MR) is 108 cm³/mol. The van der Waals surface area contributed by atoms with Crippen molar-refractivity contribution in [3.63, 3.8) is 0 Å². The van der Waals surface area contributed by atoms with Crippen molar-refractivity contribution < 1.29 is 19.4 Å². The molecule has 1 aromatic carbocycles. The molecule has 5 nitrogen and oxygen atoms in total. The molecule has 4 fully saturated rings. The van der Waals surface area contributed by atoms with Gasteiger partial charge in [0, 0.05) is 7.05 Å². The Morgan fingerprint density at radius 3 is 2.62 bits per heavy atom. The number of ether oxygens (including phenoxy) is 1. The fourth-order valence-corrected chi connectivity index (χ4v) is 7.14. The Hall–Kier alpha value is -1.88. The number of aryl methyl sites for hydroxylation is 1. The molecule has 0 heterocycles. The van der Waals surface area contributed by atoms with Gasteiger partial charge in [0.15, 0.2) is 6.61 Å². The SMILES string of the molecule is CN(C(=O)COC(=O)C12C[C@@H]3C[C@@H](CC(O)(C3)C1)C2)[C@@H]1CCCc2ccccc21. The van der Waals surface area contributed by atoms with Crippen LogP contribution in [-0.4, -0.2) is 41.1 Å². The van der Waals surface area contributed by atoms with Crippen LogP contribution < -0.4 is 0 Å². The van der Waals surface area contributed by atoms with Crippen molar-refractivity contribution in [1.82, 2.24) is 4.90 Å². The van der Waals surface area contributed by atoms with E-state index in [1.165, 1.54) is 11.1 Å². The van der Waals surface area contributed by atoms with Crippen LogP contribution >= 0.6 is 0 Å². The number of nitrogens with zero attached hydrogens (tertiary/aromatic N) is 1. The molecular weight excluding hydrogens is 366 g/mol. The highest BCUT2D eigenvalue weighted by Crippen LogP contribution is 2.62. The number of esters is 1. The third kappa shape index (κ3) is 3.27. The number of amides is 1. The van der Waals surface area contributed by atoms with Crippen LogP contribution in [0.1, 0.15) is 68.5 Å². The lowest BCUT2D eigenvalue weighted by molar-refractivity contribution is -0.197. The normalized spacial score (nSPS) is 37.1. The number of likely N-dealkylation sites (N-methyl/N-ethyl adjacent to an activating group) is 1. The van der Waals surface area contributed by atoms with Crippen LogP contribution in [-0.2, 0) is 20.7 Å². The smallest absolute Gasteiger partial charge is 0.312 e. The zero-order valence-electron chi connectivity index (χ0n) is 17.2. The predicted octanol–water partition coefficient (Wildman–Crippen LogP) is 3.40. The largest absolute Gasteiger partial charge is 0.455 e. The summed E-state index contributed by atoms with van der Waals surface area (Å²) in [5.74, 6) is 0.427. The third-order valence-electron chi connectivity index (χ3n) is 7.99. The zero-order chi connectivity index (χ0) is 20.2. The van der Waals surface area contributed by atoms with E-state index in [9.17, 15) is 14.7 Å². The van der Waals surface area contributed by atoms with Crippen LogP contribution in [0.25, 0.3) is 0 Å². The Balaban J connectivity index is 1.24. The van der Waals surface area contributed by atoms with E-state index in [1.54, 1.807) is 4.90 Å². The van der Waals surface area contributed by atoms with Crippen molar-refractivity contribution in [1.29, 1.82) is 0 Å². The maximum atomic E-state index is 13.0. The van der Waals surface area contributed by atoms with E-state index in [-0.39, 0.29) is 24.5 Å².